The molecular formula is C12H9Br2NO2S. The number of benzene rings is 1. The molecule has 0 amide bonds. The summed E-state index contributed by atoms with van der Waals surface area (Å²) in [6.45, 7) is 0. The van der Waals surface area contributed by atoms with Crippen LogP contribution in [-0.2, 0) is 0 Å². The zero-order valence-electron chi connectivity index (χ0n) is 9.37. The van der Waals surface area contributed by atoms with Crippen LogP contribution in [0.5, 0.6) is 5.75 Å². The second-order valence-electron chi connectivity index (χ2n) is 3.52. The number of thiophene rings is 1. The average Bonchev–Trinajstić information content (AvgIpc) is 2.67. The Bertz CT molecular complexity index is 610. The van der Waals surface area contributed by atoms with E-state index in [1.807, 2.05) is 0 Å². The number of hydrogen-bond acceptors (Lipinski definition) is 4. The zero-order valence-corrected chi connectivity index (χ0v) is 13.4. The Hall–Kier alpha value is -0.850. The number of halogens is 2. The fourth-order valence-electron chi connectivity index (χ4n) is 1.53. The van der Waals surface area contributed by atoms with Crippen LogP contribution in [0.1, 0.15) is 15.9 Å². The molecule has 2 rings (SSSR count). The Morgan fingerprint density at radius 2 is 2.06 bits per heavy atom. The standard InChI is InChI=1S/C12H9Br2NO2S/c1-17-9-3-2-6(4-8(9)15)11(16)7-5-10(13)18-12(7)14/h2-5H,15H2,1H3. The van der Waals surface area contributed by atoms with Gasteiger partial charge in [0.25, 0.3) is 0 Å². The Labute approximate surface area is 125 Å². The monoisotopic (exact) mass is 389 g/mol. The van der Waals surface area contributed by atoms with Gasteiger partial charge in [-0.2, -0.15) is 0 Å². The van der Waals surface area contributed by atoms with Crippen LogP contribution >= 0.6 is 43.2 Å². The molecule has 0 fully saturated rings. The number of nitrogens with two attached hydrogens (primary N) is 1. The van der Waals surface area contributed by atoms with Crippen LogP contribution in [0.15, 0.2) is 31.8 Å². The van der Waals surface area contributed by atoms with E-state index in [4.69, 9.17) is 10.5 Å². The Kier molecular flexibility index (Phi) is 4.09. The smallest absolute Gasteiger partial charge is 0.195 e. The molecule has 0 aliphatic rings. The molecule has 0 bridgehead atoms. The minimum absolute atomic E-state index is 0.0711. The maximum atomic E-state index is 12.3. The van der Waals surface area contributed by atoms with E-state index in [1.54, 1.807) is 31.4 Å². The molecule has 0 aliphatic carbocycles. The Morgan fingerprint density at radius 3 is 2.56 bits per heavy atom. The lowest BCUT2D eigenvalue weighted by Crippen LogP contribution is -2.02. The number of methoxy groups -OCH3 is 1. The second-order valence-corrected chi connectivity index (χ2v) is 7.27. The van der Waals surface area contributed by atoms with Crippen molar-refractivity contribution in [2.75, 3.05) is 12.8 Å². The van der Waals surface area contributed by atoms with Gasteiger partial charge in [0, 0.05) is 11.1 Å². The van der Waals surface area contributed by atoms with Gasteiger partial charge in [0.15, 0.2) is 5.78 Å². The van der Waals surface area contributed by atoms with Gasteiger partial charge in [0.05, 0.1) is 20.4 Å². The highest BCUT2D eigenvalue weighted by atomic mass is 79.9. The van der Waals surface area contributed by atoms with Crippen molar-refractivity contribution in [3.8, 4) is 5.75 Å². The number of nitrogen functional groups attached to an aromatic ring is 1. The van der Waals surface area contributed by atoms with Crippen LogP contribution in [0.2, 0.25) is 0 Å². The number of ether oxygens (including phenoxy) is 1. The lowest BCUT2D eigenvalue weighted by atomic mass is 10.1. The van der Waals surface area contributed by atoms with Gasteiger partial charge in [-0.3, -0.25) is 4.79 Å². The van der Waals surface area contributed by atoms with Crippen molar-refractivity contribution >= 4 is 54.7 Å². The van der Waals surface area contributed by atoms with Crippen LogP contribution in [-0.4, -0.2) is 12.9 Å². The first-order chi connectivity index (χ1) is 8.52. The minimum Gasteiger partial charge on any atom is -0.495 e. The molecule has 2 N–H and O–H groups in total. The fraction of sp³-hybridized carbons (Fsp3) is 0.0833. The van der Waals surface area contributed by atoms with E-state index in [0.29, 0.717) is 22.6 Å². The maximum Gasteiger partial charge on any atom is 0.195 e. The molecule has 3 nitrogen and oxygen atoms in total. The average molecular weight is 391 g/mol. The third-order valence-electron chi connectivity index (χ3n) is 2.39. The fourth-order valence-corrected chi connectivity index (χ4v) is 4.32. The van der Waals surface area contributed by atoms with E-state index < -0.39 is 0 Å². The quantitative estimate of drug-likeness (QED) is 0.634. The van der Waals surface area contributed by atoms with Gasteiger partial charge in [0.2, 0.25) is 0 Å². The molecule has 6 heteroatoms. The molecule has 1 heterocycles. The maximum absolute atomic E-state index is 12.3. The molecule has 0 saturated heterocycles. The van der Waals surface area contributed by atoms with Gasteiger partial charge < -0.3 is 10.5 Å². The highest BCUT2D eigenvalue weighted by Gasteiger charge is 2.16. The molecule has 0 aliphatic heterocycles. The van der Waals surface area contributed by atoms with Crippen LogP contribution in [0.3, 0.4) is 0 Å². The van der Waals surface area contributed by atoms with E-state index in [2.05, 4.69) is 31.9 Å². The summed E-state index contributed by atoms with van der Waals surface area (Å²) in [5.74, 6) is 0.496. The van der Waals surface area contributed by atoms with E-state index in [9.17, 15) is 4.79 Å². The number of carbonyl (C=O) groups excluding carboxylic acids is 1. The zero-order chi connectivity index (χ0) is 13.3. The number of carbonyl (C=O) groups is 1. The lowest BCUT2D eigenvalue weighted by Gasteiger charge is -2.06. The summed E-state index contributed by atoms with van der Waals surface area (Å²) in [6.07, 6.45) is 0. The molecule has 18 heavy (non-hydrogen) atoms. The molecule has 0 saturated carbocycles. The van der Waals surface area contributed by atoms with Crippen molar-refractivity contribution in [1.82, 2.24) is 0 Å². The van der Waals surface area contributed by atoms with E-state index in [0.717, 1.165) is 7.57 Å². The first-order valence-electron chi connectivity index (χ1n) is 4.96. The van der Waals surface area contributed by atoms with Crippen molar-refractivity contribution in [1.29, 1.82) is 0 Å². The molecule has 2 aromatic rings. The van der Waals surface area contributed by atoms with Gasteiger partial charge in [-0.05, 0) is 56.1 Å². The van der Waals surface area contributed by atoms with Crippen LogP contribution in [0.4, 0.5) is 5.69 Å². The molecule has 0 radical (unpaired) electrons. The number of ketones is 1. The molecule has 0 spiro atoms. The van der Waals surface area contributed by atoms with Crippen LogP contribution < -0.4 is 10.5 Å². The first kappa shape index (κ1) is 13.6. The topological polar surface area (TPSA) is 52.3 Å². The van der Waals surface area contributed by atoms with E-state index in [-0.39, 0.29) is 5.78 Å². The molecule has 1 aromatic carbocycles. The third kappa shape index (κ3) is 2.60. The highest BCUT2D eigenvalue weighted by molar-refractivity contribution is 9.12. The molecule has 0 unspecified atom stereocenters. The van der Waals surface area contributed by atoms with Crippen molar-refractivity contribution in [3.63, 3.8) is 0 Å². The SMILES string of the molecule is COc1ccc(C(=O)c2cc(Br)sc2Br)cc1N. The van der Waals surface area contributed by atoms with E-state index in [1.165, 1.54) is 11.3 Å². The molecule has 1 aromatic heterocycles. The molecule has 0 atom stereocenters. The summed E-state index contributed by atoms with van der Waals surface area (Å²) >= 11 is 8.19. The largest absolute Gasteiger partial charge is 0.495 e. The number of anilines is 1. The van der Waals surface area contributed by atoms with Crippen LogP contribution in [0, 0.1) is 0 Å². The van der Waals surface area contributed by atoms with Crippen molar-refractivity contribution in [2.45, 2.75) is 0 Å². The van der Waals surface area contributed by atoms with Crippen molar-refractivity contribution in [2.24, 2.45) is 0 Å². The predicted octanol–water partition coefficient (Wildman–Crippen LogP) is 4.09. The normalized spacial score (nSPS) is 10.4. The van der Waals surface area contributed by atoms with Crippen molar-refractivity contribution < 1.29 is 9.53 Å². The summed E-state index contributed by atoms with van der Waals surface area (Å²) in [4.78, 5) is 12.3. The third-order valence-corrected chi connectivity index (χ3v) is 4.73. The molecule has 94 valence electrons. The Balaban J connectivity index is 2.40. The van der Waals surface area contributed by atoms with Gasteiger partial charge >= 0.3 is 0 Å². The highest BCUT2D eigenvalue weighted by Crippen LogP contribution is 2.34. The first-order valence-corrected chi connectivity index (χ1v) is 7.36. The summed E-state index contributed by atoms with van der Waals surface area (Å²) in [5.41, 5.74) is 7.41. The summed E-state index contributed by atoms with van der Waals surface area (Å²) < 4.78 is 6.76. The van der Waals surface area contributed by atoms with Gasteiger partial charge in [-0.1, -0.05) is 0 Å². The Morgan fingerprint density at radius 1 is 1.33 bits per heavy atom. The molecular weight excluding hydrogens is 382 g/mol. The second kappa shape index (κ2) is 5.42. The summed E-state index contributed by atoms with van der Waals surface area (Å²) in [5, 5.41) is 0. The van der Waals surface area contributed by atoms with Crippen molar-refractivity contribution in [3.05, 3.63) is 43.0 Å². The summed E-state index contributed by atoms with van der Waals surface area (Å²) in [6, 6.07) is 6.81. The predicted molar refractivity (Wildman–Crippen MR) is 80.6 cm³/mol. The summed E-state index contributed by atoms with van der Waals surface area (Å²) in [7, 11) is 1.54. The van der Waals surface area contributed by atoms with Gasteiger partial charge in [0.1, 0.15) is 5.75 Å². The van der Waals surface area contributed by atoms with E-state index >= 15 is 0 Å². The van der Waals surface area contributed by atoms with Gasteiger partial charge in [-0.25, -0.2) is 0 Å². The lowest BCUT2D eigenvalue weighted by molar-refractivity contribution is 0.103. The number of rotatable bonds is 3. The number of hydrogen-bond donors (Lipinski definition) is 1. The van der Waals surface area contributed by atoms with Crippen LogP contribution in [0.25, 0.3) is 0 Å². The minimum atomic E-state index is -0.0711. The van der Waals surface area contributed by atoms with Gasteiger partial charge in [-0.15, -0.1) is 11.3 Å².